The number of ether oxygens (including phenoxy) is 1. The van der Waals surface area contributed by atoms with E-state index in [9.17, 15) is 0 Å². The van der Waals surface area contributed by atoms with Gasteiger partial charge in [-0.2, -0.15) is 0 Å². The molecular weight excluding hydrogens is 276 g/mol. The number of allylic oxidation sites excluding steroid dienone is 3. The molecule has 0 radical (unpaired) electrons. The second-order valence-corrected chi connectivity index (χ2v) is 5.14. The van der Waals surface area contributed by atoms with E-state index in [1.807, 2.05) is 6.08 Å². The summed E-state index contributed by atoms with van der Waals surface area (Å²) < 4.78 is 6.06. The van der Waals surface area contributed by atoms with Crippen LogP contribution in [0.2, 0.25) is 0 Å². The Morgan fingerprint density at radius 2 is 2.35 bits per heavy atom. The van der Waals surface area contributed by atoms with Crippen molar-refractivity contribution in [3.05, 3.63) is 36.5 Å². The predicted molar refractivity (Wildman–Crippen MR) is 77.2 cm³/mol. The Bertz CT molecular complexity index is 335. The quantitative estimate of drug-likeness (QED) is 0.434. The molecule has 0 aromatic heterocycles. The summed E-state index contributed by atoms with van der Waals surface area (Å²) in [6.07, 6.45) is 20.5. The third-order valence-corrected chi connectivity index (χ3v) is 3.88. The van der Waals surface area contributed by atoms with Crippen molar-refractivity contribution >= 4 is 15.9 Å². The largest absolute Gasteiger partial charge is 0.365 e. The van der Waals surface area contributed by atoms with Crippen LogP contribution in [0.3, 0.4) is 0 Å². The summed E-state index contributed by atoms with van der Waals surface area (Å²) in [5.74, 6) is 2.50. The van der Waals surface area contributed by atoms with E-state index in [1.165, 1.54) is 0 Å². The summed E-state index contributed by atoms with van der Waals surface area (Å²) in [7, 11) is 0. The lowest BCUT2D eigenvalue weighted by Gasteiger charge is -2.23. The summed E-state index contributed by atoms with van der Waals surface area (Å²) in [4.78, 5) is 0.375. The molecule has 0 saturated carbocycles. The lowest BCUT2D eigenvalue weighted by atomic mass is 10.1. The van der Waals surface area contributed by atoms with Crippen LogP contribution >= 0.6 is 15.9 Å². The minimum Gasteiger partial charge on any atom is -0.365 e. The van der Waals surface area contributed by atoms with E-state index in [2.05, 4.69) is 53.1 Å². The van der Waals surface area contributed by atoms with Gasteiger partial charge in [0.1, 0.15) is 0 Å². The average Bonchev–Trinajstić information content (AvgIpc) is 2.47. The molecule has 17 heavy (non-hydrogen) atoms. The predicted octanol–water partition coefficient (Wildman–Crippen LogP) is 4.01. The van der Waals surface area contributed by atoms with Gasteiger partial charge in [0, 0.05) is 4.83 Å². The Labute approximate surface area is 113 Å². The molecule has 0 aromatic carbocycles. The molecule has 0 fully saturated rings. The van der Waals surface area contributed by atoms with Crippen LogP contribution < -0.4 is 0 Å². The Balaban J connectivity index is 2.74. The van der Waals surface area contributed by atoms with Crippen LogP contribution in [0.15, 0.2) is 36.5 Å². The number of terminal acetylenes is 1. The molecule has 1 rings (SSSR count). The summed E-state index contributed by atoms with van der Waals surface area (Å²) in [6.45, 7) is 2.15. The van der Waals surface area contributed by atoms with Crippen LogP contribution in [0.5, 0.6) is 0 Å². The van der Waals surface area contributed by atoms with Crippen molar-refractivity contribution in [2.24, 2.45) is 0 Å². The zero-order valence-electron chi connectivity index (χ0n) is 10.2. The van der Waals surface area contributed by atoms with Crippen molar-refractivity contribution in [1.29, 1.82) is 0 Å². The van der Waals surface area contributed by atoms with E-state index < -0.39 is 0 Å². The zero-order valence-corrected chi connectivity index (χ0v) is 11.8. The van der Waals surface area contributed by atoms with Crippen molar-refractivity contribution in [3.63, 3.8) is 0 Å². The highest BCUT2D eigenvalue weighted by Crippen LogP contribution is 2.20. The van der Waals surface area contributed by atoms with Crippen LogP contribution in [0.4, 0.5) is 0 Å². The van der Waals surface area contributed by atoms with Crippen molar-refractivity contribution in [3.8, 4) is 12.3 Å². The van der Waals surface area contributed by atoms with Gasteiger partial charge >= 0.3 is 0 Å². The van der Waals surface area contributed by atoms with Crippen molar-refractivity contribution in [1.82, 2.24) is 0 Å². The van der Waals surface area contributed by atoms with Crippen LogP contribution in [0.1, 0.15) is 26.2 Å². The average molecular weight is 295 g/mol. The second kappa shape index (κ2) is 8.33. The molecule has 0 aromatic rings. The molecular formula is C15H19BrO. The van der Waals surface area contributed by atoms with Gasteiger partial charge in [0.2, 0.25) is 0 Å². The number of hydrogen-bond donors (Lipinski definition) is 0. The molecule has 0 bridgehead atoms. The van der Waals surface area contributed by atoms with Gasteiger partial charge in [-0.3, -0.25) is 0 Å². The topological polar surface area (TPSA) is 9.23 Å². The van der Waals surface area contributed by atoms with Crippen LogP contribution in [0, 0.1) is 12.3 Å². The number of hydrogen-bond acceptors (Lipinski definition) is 1. The van der Waals surface area contributed by atoms with E-state index >= 15 is 0 Å². The molecule has 1 aliphatic heterocycles. The zero-order chi connectivity index (χ0) is 12.5. The van der Waals surface area contributed by atoms with E-state index in [1.54, 1.807) is 6.08 Å². The highest BCUT2D eigenvalue weighted by Gasteiger charge is 2.19. The van der Waals surface area contributed by atoms with Crippen molar-refractivity contribution < 1.29 is 4.74 Å². The molecule has 0 unspecified atom stereocenters. The molecule has 92 valence electrons. The Hall–Kier alpha value is -0.780. The van der Waals surface area contributed by atoms with Gasteiger partial charge in [0.05, 0.1) is 12.2 Å². The van der Waals surface area contributed by atoms with Gasteiger partial charge in [0.25, 0.3) is 0 Å². The van der Waals surface area contributed by atoms with Gasteiger partial charge in [-0.25, -0.2) is 0 Å². The first-order valence-corrected chi connectivity index (χ1v) is 6.93. The van der Waals surface area contributed by atoms with E-state index in [0.29, 0.717) is 4.83 Å². The maximum absolute atomic E-state index is 6.06. The fraction of sp³-hybridized carbons (Fsp3) is 0.467. The van der Waals surface area contributed by atoms with Crippen molar-refractivity contribution in [2.45, 2.75) is 43.2 Å². The van der Waals surface area contributed by atoms with E-state index in [-0.39, 0.29) is 12.2 Å². The fourth-order valence-corrected chi connectivity index (χ4v) is 2.02. The lowest BCUT2D eigenvalue weighted by molar-refractivity contribution is 0.0381. The van der Waals surface area contributed by atoms with Crippen LogP contribution in [-0.4, -0.2) is 17.0 Å². The summed E-state index contributed by atoms with van der Waals surface area (Å²) in [5, 5.41) is 0. The molecule has 0 aliphatic carbocycles. The molecule has 1 aliphatic rings. The number of halogens is 1. The van der Waals surface area contributed by atoms with Crippen LogP contribution in [0.25, 0.3) is 0 Å². The van der Waals surface area contributed by atoms with Gasteiger partial charge in [-0.1, -0.05) is 53.1 Å². The minimum atomic E-state index is -0.0254. The molecule has 1 heterocycles. The maximum atomic E-state index is 6.06. The SMILES string of the molecule is C#C/C=C\[C@@H]1/C=C\C/C=C\C[C@H]([C@@H](Br)CC)O1. The first kappa shape index (κ1) is 14.3. The molecule has 2 heteroatoms. The Morgan fingerprint density at radius 1 is 1.53 bits per heavy atom. The van der Waals surface area contributed by atoms with Gasteiger partial charge in [0.15, 0.2) is 0 Å². The summed E-state index contributed by atoms with van der Waals surface area (Å²) >= 11 is 3.67. The van der Waals surface area contributed by atoms with E-state index in [4.69, 9.17) is 11.2 Å². The fourth-order valence-electron chi connectivity index (χ4n) is 1.68. The monoisotopic (exact) mass is 294 g/mol. The standard InChI is InChI=1S/C15H19BrO/c1-3-5-10-13-11-8-6-7-9-12-15(17-13)14(16)4-2/h1,5,7-11,13-15H,4,6,12H2,2H3/b9-7-,10-5-,11-8-/t13-,14+,15-/m1/s1. The Kier molecular flexibility index (Phi) is 7.00. The molecule has 0 saturated heterocycles. The van der Waals surface area contributed by atoms with Gasteiger partial charge in [-0.15, -0.1) is 6.42 Å². The first-order chi connectivity index (χ1) is 8.27. The molecule has 0 amide bonds. The number of alkyl halides is 1. The normalized spacial score (nSPS) is 30.9. The summed E-state index contributed by atoms with van der Waals surface area (Å²) in [5.41, 5.74) is 0. The minimum absolute atomic E-state index is 0.0254. The molecule has 0 spiro atoms. The number of rotatable bonds is 3. The second-order valence-electron chi connectivity index (χ2n) is 3.96. The highest BCUT2D eigenvalue weighted by molar-refractivity contribution is 9.09. The highest BCUT2D eigenvalue weighted by atomic mass is 79.9. The third kappa shape index (κ3) is 5.39. The maximum Gasteiger partial charge on any atom is 0.0951 e. The molecule has 1 nitrogen and oxygen atoms in total. The lowest BCUT2D eigenvalue weighted by Crippen LogP contribution is -2.27. The third-order valence-electron chi connectivity index (χ3n) is 2.64. The molecule has 0 N–H and O–H groups in total. The van der Waals surface area contributed by atoms with Gasteiger partial charge < -0.3 is 4.74 Å². The Morgan fingerprint density at radius 3 is 3.06 bits per heavy atom. The van der Waals surface area contributed by atoms with Gasteiger partial charge in [-0.05, 0) is 31.4 Å². The molecule has 3 atom stereocenters. The van der Waals surface area contributed by atoms with Crippen molar-refractivity contribution in [2.75, 3.05) is 0 Å². The smallest absolute Gasteiger partial charge is 0.0951 e. The van der Waals surface area contributed by atoms with Crippen LogP contribution in [-0.2, 0) is 4.74 Å². The summed E-state index contributed by atoms with van der Waals surface area (Å²) in [6, 6.07) is 0. The first-order valence-electron chi connectivity index (χ1n) is 6.02. The van der Waals surface area contributed by atoms with E-state index in [0.717, 1.165) is 19.3 Å².